The molecule has 27 heavy (non-hydrogen) atoms. The Kier molecular flexibility index (Phi) is 7.67. The van der Waals surface area contributed by atoms with Crippen LogP contribution in [0.2, 0.25) is 0 Å². The first-order valence-electron chi connectivity index (χ1n) is 8.85. The smallest absolute Gasteiger partial charge is 0.338 e. The van der Waals surface area contributed by atoms with Gasteiger partial charge in [-0.15, -0.1) is 0 Å². The van der Waals surface area contributed by atoms with Gasteiger partial charge in [-0.3, -0.25) is 4.79 Å². The molecule has 0 unspecified atom stereocenters. The molecule has 0 atom stereocenters. The molecule has 0 aliphatic rings. The van der Waals surface area contributed by atoms with Gasteiger partial charge in [0.25, 0.3) is 0 Å². The molecule has 0 saturated carbocycles. The van der Waals surface area contributed by atoms with Gasteiger partial charge >= 0.3 is 5.97 Å². The highest BCUT2D eigenvalue weighted by molar-refractivity contribution is 5.94. The Labute approximate surface area is 159 Å². The maximum absolute atomic E-state index is 12.1. The van der Waals surface area contributed by atoms with Gasteiger partial charge in [-0.2, -0.15) is 0 Å². The lowest BCUT2D eigenvalue weighted by molar-refractivity contribution is -0.116. The summed E-state index contributed by atoms with van der Waals surface area (Å²) in [6.45, 7) is 4.01. The number of esters is 1. The number of ether oxygens (including phenoxy) is 3. The molecule has 6 nitrogen and oxygen atoms in total. The van der Waals surface area contributed by atoms with Crippen molar-refractivity contribution in [1.82, 2.24) is 0 Å². The molecule has 2 rings (SSSR count). The maximum Gasteiger partial charge on any atom is 0.338 e. The molecule has 1 N–H and O–H groups in total. The molecule has 0 heterocycles. The molecule has 0 fully saturated rings. The molecule has 0 spiro atoms. The van der Waals surface area contributed by atoms with E-state index in [2.05, 4.69) is 5.32 Å². The standard InChI is InChI=1S/C21H25NO5/c1-15(2)27-21(24)16-6-4-7-17(14-16)22-20(23)8-5-13-26-19-11-9-18(25-3)10-12-19/h4,6-7,9-12,14-15H,5,8,13H2,1-3H3,(H,22,23). The molecule has 0 aliphatic carbocycles. The van der Waals surface area contributed by atoms with E-state index >= 15 is 0 Å². The third kappa shape index (κ3) is 7.01. The largest absolute Gasteiger partial charge is 0.497 e. The highest BCUT2D eigenvalue weighted by Crippen LogP contribution is 2.17. The zero-order chi connectivity index (χ0) is 19.6. The van der Waals surface area contributed by atoms with Crippen LogP contribution in [-0.2, 0) is 9.53 Å². The second-order valence-corrected chi connectivity index (χ2v) is 6.21. The van der Waals surface area contributed by atoms with Gasteiger partial charge in [0.15, 0.2) is 0 Å². The minimum atomic E-state index is -0.408. The second-order valence-electron chi connectivity index (χ2n) is 6.21. The number of amides is 1. The van der Waals surface area contributed by atoms with Crippen LogP contribution < -0.4 is 14.8 Å². The van der Waals surface area contributed by atoms with E-state index in [1.165, 1.54) is 0 Å². The molecule has 2 aromatic carbocycles. The average molecular weight is 371 g/mol. The van der Waals surface area contributed by atoms with Gasteiger partial charge in [0, 0.05) is 12.1 Å². The normalized spacial score (nSPS) is 10.4. The number of methoxy groups -OCH3 is 1. The summed E-state index contributed by atoms with van der Waals surface area (Å²) < 4.78 is 15.8. The van der Waals surface area contributed by atoms with E-state index in [0.29, 0.717) is 30.7 Å². The van der Waals surface area contributed by atoms with Gasteiger partial charge in [0.1, 0.15) is 11.5 Å². The summed E-state index contributed by atoms with van der Waals surface area (Å²) in [6.07, 6.45) is 0.700. The van der Waals surface area contributed by atoms with E-state index in [1.54, 1.807) is 45.2 Å². The molecule has 144 valence electrons. The van der Waals surface area contributed by atoms with Crippen LogP contribution in [0.25, 0.3) is 0 Å². The van der Waals surface area contributed by atoms with Gasteiger partial charge in [0.05, 0.1) is 25.4 Å². The highest BCUT2D eigenvalue weighted by atomic mass is 16.5. The number of benzene rings is 2. The predicted octanol–water partition coefficient (Wildman–Crippen LogP) is 4.06. The number of hydrogen-bond donors (Lipinski definition) is 1. The first kappa shape index (κ1) is 20.3. The van der Waals surface area contributed by atoms with Crippen molar-refractivity contribution in [2.75, 3.05) is 19.0 Å². The fraction of sp³-hybridized carbons (Fsp3) is 0.333. The minimum Gasteiger partial charge on any atom is -0.497 e. The van der Waals surface area contributed by atoms with Gasteiger partial charge in [-0.05, 0) is 62.7 Å². The summed E-state index contributed by atoms with van der Waals surface area (Å²) >= 11 is 0. The third-order valence-electron chi connectivity index (χ3n) is 3.60. The summed E-state index contributed by atoms with van der Waals surface area (Å²) in [5, 5.41) is 2.79. The zero-order valence-corrected chi connectivity index (χ0v) is 15.9. The maximum atomic E-state index is 12.1. The minimum absolute atomic E-state index is 0.136. The fourth-order valence-electron chi connectivity index (χ4n) is 2.32. The topological polar surface area (TPSA) is 73.9 Å². The third-order valence-corrected chi connectivity index (χ3v) is 3.60. The van der Waals surface area contributed by atoms with Crippen molar-refractivity contribution in [2.45, 2.75) is 32.8 Å². The summed E-state index contributed by atoms with van der Waals surface area (Å²) in [7, 11) is 1.61. The van der Waals surface area contributed by atoms with Crippen LogP contribution in [0.15, 0.2) is 48.5 Å². The van der Waals surface area contributed by atoms with E-state index in [4.69, 9.17) is 14.2 Å². The summed E-state index contributed by atoms with van der Waals surface area (Å²) in [5.41, 5.74) is 0.971. The molecule has 0 bridgehead atoms. The molecule has 0 aliphatic heterocycles. The van der Waals surface area contributed by atoms with Crippen LogP contribution in [0, 0.1) is 0 Å². The SMILES string of the molecule is COc1ccc(OCCCC(=O)Nc2cccc(C(=O)OC(C)C)c2)cc1. The van der Waals surface area contributed by atoms with E-state index < -0.39 is 5.97 Å². The molecule has 0 aromatic heterocycles. The first-order chi connectivity index (χ1) is 13.0. The van der Waals surface area contributed by atoms with Gasteiger partial charge in [-0.1, -0.05) is 6.07 Å². The van der Waals surface area contributed by atoms with Crippen molar-refractivity contribution in [3.63, 3.8) is 0 Å². The van der Waals surface area contributed by atoms with Crippen LogP contribution in [0.4, 0.5) is 5.69 Å². The molecular weight excluding hydrogens is 346 g/mol. The number of anilines is 1. The average Bonchev–Trinajstić information content (AvgIpc) is 2.65. The van der Waals surface area contributed by atoms with Crippen LogP contribution in [0.3, 0.4) is 0 Å². The quantitative estimate of drug-likeness (QED) is 0.531. The number of rotatable bonds is 9. The van der Waals surface area contributed by atoms with Gasteiger partial charge < -0.3 is 19.5 Å². The number of hydrogen-bond acceptors (Lipinski definition) is 5. The first-order valence-corrected chi connectivity index (χ1v) is 8.85. The van der Waals surface area contributed by atoms with Crippen molar-refractivity contribution in [3.05, 3.63) is 54.1 Å². The summed E-state index contributed by atoms with van der Waals surface area (Å²) in [6, 6.07) is 14.0. The van der Waals surface area contributed by atoms with E-state index in [9.17, 15) is 9.59 Å². The van der Waals surface area contributed by atoms with Crippen molar-refractivity contribution >= 4 is 17.6 Å². The Morgan fingerprint density at radius 3 is 2.41 bits per heavy atom. The lowest BCUT2D eigenvalue weighted by Gasteiger charge is -2.10. The lowest BCUT2D eigenvalue weighted by Crippen LogP contribution is -2.14. The zero-order valence-electron chi connectivity index (χ0n) is 15.9. The molecular formula is C21H25NO5. The Hall–Kier alpha value is -3.02. The molecule has 0 saturated heterocycles. The summed E-state index contributed by atoms with van der Waals surface area (Å²) in [4.78, 5) is 24.0. The summed E-state index contributed by atoms with van der Waals surface area (Å²) in [5.74, 6) is 0.950. The van der Waals surface area contributed by atoms with Crippen molar-refractivity contribution < 1.29 is 23.8 Å². The molecule has 1 amide bonds. The van der Waals surface area contributed by atoms with Crippen LogP contribution in [0.1, 0.15) is 37.0 Å². The predicted molar refractivity (Wildman–Crippen MR) is 103 cm³/mol. The van der Waals surface area contributed by atoms with Crippen molar-refractivity contribution in [1.29, 1.82) is 0 Å². The van der Waals surface area contributed by atoms with E-state index in [1.807, 2.05) is 24.3 Å². The van der Waals surface area contributed by atoms with E-state index in [0.717, 1.165) is 11.5 Å². The van der Waals surface area contributed by atoms with Crippen LogP contribution >= 0.6 is 0 Å². The fourth-order valence-corrected chi connectivity index (χ4v) is 2.32. The van der Waals surface area contributed by atoms with Gasteiger partial charge in [-0.25, -0.2) is 4.79 Å². The van der Waals surface area contributed by atoms with Crippen LogP contribution in [-0.4, -0.2) is 31.7 Å². The second kappa shape index (κ2) is 10.2. The Bertz CT molecular complexity index is 755. The Morgan fingerprint density at radius 1 is 1.04 bits per heavy atom. The highest BCUT2D eigenvalue weighted by Gasteiger charge is 2.10. The van der Waals surface area contributed by atoms with Crippen LogP contribution in [0.5, 0.6) is 11.5 Å². The number of nitrogens with one attached hydrogen (secondary N) is 1. The lowest BCUT2D eigenvalue weighted by atomic mass is 10.2. The molecule has 2 aromatic rings. The number of carbonyl (C=O) groups excluding carboxylic acids is 2. The molecule has 6 heteroatoms. The monoisotopic (exact) mass is 371 g/mol. The van der Waals surface area contributed by atoms with E-state index in [-0.39, 0.29) is 12.0 Å². The Morgan fingerprint density at radius 2 is 1.74 bits per heavy atom. The van der Waals surface area contributed by atoms with Crippen molar-refractivity contribution in [2.24, 2.45) is 0 Å². The van der Waals surface area contributed by atoms with Crippen molar-refractivity contribution in [3.8, 4) is 11.5 Å². The Balaban J connectivity index is 1.75. The molecule has 0 radical (unpaired) electrons. The number of carbonyl (C=O) groups is 2. The van der Waals surface area contributed by atoms with Gasteiger partial charge in [0.2, 0.25) is 5.91 Å².